The lowest BCUT2D eigenvalue weighted by molar-refractivity contribution is -0.184. The van der Waals surface area contributed by atoms with Crippen molar-refractivity contribution in [1.82, 2.24) is 5.32 Å². The molecule has 1 aliphatic heterocycles. The molecule has 1 fully saturated rings. The van der Waals surface area contributed by atoms with Gasteiger partial charge in [0.25, 0.3) is 0 Å². The highest BCUT2D eigenvalue weighted by Crippen LogP contribution is 2.52. The quantitative estimate of drug-likeness (QED) is 0.0592. The summed E-state index contributed by atoms with van der Waals surface area (Å²) in [5.41, 5.74) is -1.59. The van der Waals surface area contributed by atoms with Gasteiger partial charge in [0.15, 0.2) is 13.4 Å². The van der Waals surface area contributed by atoms with Gasteiger partial charge in [0.2, 0.25) is 5.22 Å². The minimum absolute atomic E-state index is 0.101. The maximum absolute atomic E-state index is 14.4. The molecule has 284 valence electrons. The molecule has 1 heterocycles. The molecule has 0 aliphatic carbocycles. The summed E-state index contributed by atoms with van der Waals surface area (Å²) < 4.78 is 61.0. The number of aliphatic hydroxyl groups is 1. The highest BCUT2D eigenvalue weighted by molar-refractivity contribution is 7.49. The Balaban J connectivity index is 0.00000222. The first-order chi connectivity index (χ1) is 24.7. The number of carbonyl (C=O) groups is 2. The summed E-state index contributed by atoms with van der Waals surface area (Å²) >= 11 is 23.9. The molecule has 3 rings (SSSR count). The number of ether oxygens (including phenoxy) is 4. The number of phosphoric ester groups is 1. The maximum atomic E-state index is 14.4. The molecule has 2 unspecified atom stereocenters. The summed E-state index contributed by atoms with van der Waals surface area (Å²) in [7, 11) is -0.0894. The number of halogens is 4. The van der Waals surface area contributed by atoms with Crippen molar-refractivity contribution in [2.75, 3.05) is 26.4 Å². The number of benzene rings is 2. The zero-order valence-corrected chi connectivity index (χ0v) is 32.5. The number of nitrogens with one attached hydrogen (secondary N) is 1. The van der Waals surface area contributed by atoms with Crippen molar-refractivity contribution in [1.29, 1.82) is 1.43 Å². The number of amides is 1. The fraction of sp³-hybridized carbons (Fsp3) is 0.576. The highest BCUT2D eigenvalue weighted by atomic mass is 35.6. The van der Waals surface area contributed by atoms with Crippen molar-refractivity contribution in [3.8, 4) is 11.5 Å². The second kappa shape index (κ2) is 23.8. The Kier molecular flexibility index (Phi) is 20.4. The summed E-state index contributed by atoms with van der Waals surface area (Å²) in [5.74, 6) is 0.369. The van der Waals surface area contributed by atoms with E-state index in [1.54, 1.807) is 60.7 Å². The average molecular weight is 817 g/mol. The minimum atomic E-state index is -4.56. The number of hydrogen-bond donors (Lipinski definition) is 2. The van der Waals surface area contributed by atoms with E-state index < -0.39 is 54.2 Å². The van der Waals surface area contributed by atoms with Crippen molar-refractivity contribution < 1.29 is 51.8 Å². The Labute approximate surface area is 322 Å². The predicted molar refractivity (Wildman–Crippen MR) is 197 cm³/mol. The van der Waals surface area contributed by atoms with E-state index in [0.717, 1.165) is 25.7 Å². The molecular formula is C33H45BCl4NO11P. The van der Waals surface area contributed by atoms with Gasteiger partial charge in [0, 0.05) is 13.2 Å². The van der Waals surface area contributed by atoms with Gasteiger partial charge < -0.3 is 43.2 Å². The van der Waals surface area contributed by atoms with Crippen LogP contribution in [0.2, 0.25) is 0 Å². The predicted octanol–water partition coefficient (Wildman–Crippen LogP) is 7.52. The first-order valence-corrected chi connectivity index (χ1v) is 19.3. The summed E-state index contributed by atoms with van der Waals surface area (Å²) in [4.78, 5) is 22.0. The van der Waals surface area contributed by atoms with Gasteiger partial charge in [-0.3, -0.25) is 4.52 Å². The van der Waals surface area contributed by atoms with Gasteiger partial charge in [-0.05, 0) is 51.0 Å². The average Bonchev–Trinajstić information content (AvgIpc) is 3.07. The van der Waals surface area contributed by atoms with Crippen molar-refractivity contribution >= 4 is 73.8 Å². The van der Waals surface area contributed by atoms with Crippen LogP contribution < -0.4 is 14.4 Å². The number of para-hydroxylation sites is 2. The summed E-state index contributed by atoms with van der Waals surface area (Å²) in [6, 6.07) is 15.4. The number of carbonyl (C=O) groups excluding carboxylic acids is 2. The lowest BCUT2D eigenvalue weighted by Gasteiger charge is -2.44. The van der Waals surface area contributed by atoms with E-state index in [-0.39, 0.29) is 36.5 Å². The van der Waals surface area contributed by atoms with Crippen molar-refractivity contribution in [3.63, 3.8) is 0 Å². The molecule has 2 aromatic rings. The molecule has 0 spiro atoms. The number of aliphatic hydroxyl groups excluding tert-OH is 1. The third-order valence-electron chi connectivity index (χ3n) is 6.85. The number of hydrogen-bond acceptors (Lipinski definition) is 11. The second-order valence-electron chi connectivity index (χ2n) is 11.4. The van der Waals surface area contributed by atoms with Crippen molar-refractivity contribution in [2.24, 2.45) is 0 Å². The molecule has 51 heavy (non-hydrogen) atoms. The van der Waals surface area contributed by atoms with Crippen LogP contribution in [0.5, 0.6) is 11.5 Å². The topological polar surface area (TPSA) is 148 Å². The van der Waals surface area contributed by atoms with E-state index >= 15 is 0 Å². The van der Waals surface area contributed by atoms with Gasteiger partial charge in [-0.25, -0.2) is 9.36 Å². The van der Waals surface area contributed by atoms with Crippen LogP contribution in [0.15, 0.2) is 60.7 Å². The van der Waals surface area contributed by atoms with Crippen LogP contribution in [-0.4, -0.2) is 92.4 Å². The molecule has 6 atom stereocenters. The Morgan fingerprint density at radius 2 is 1.61 bits per heavy atom. The monoisotopic (exact) mass is 815 g/mol. The number of alkyl halides is 4. The molecule has 1 aliphatic rings. The molecule has 2 radical (unpaired) electrons. The number of rotatable bonds is 20. The largest absolute Gasteiger partial charge is 0.588 e. The number of unbranched alkanes of at least 4 members (excludes halogenated alkanes) is 3. The van der Waals surface area contributed by atoms with Gasteiger partial charge in [-0.2, -0.15) is 0 Å². The van der Waals surface area contributed by atoms with Gasteiger partial charge in [0.05, 0.1) is 18.4 Å². The SMILES string of the molecule is [3H]OCC1OC(Cl)[C@@H](NC(=O)OCC(Cl)(Cl)Cl)[C@@H](OCC[C@@H](C)OCCCCCC)[C@@H]1OP(=O)(Oc1ccccc1)Oc1ccccc1.[B]C(C)=O. The maximum Gasteiger partial charge on any atom is 0.588 e. The molecule has 0 bridgehead atoms. The normalized spacial score (nSPS) is 21.3. The Morgan fingerprint density at radius 3 is 2.14 bits per heavy atom. The number of phosphoric acid groups is 1. The lowest BCUT2D eigenvalue weighted by Crippen LogP contribution is -2.64. The Hall–Kier alpha value is -1.77. The summed E-state index contributed by atoms with van der Waals surface area (Å²) in [5, 5.41) is 7.22. The smallest absolute Gasteiger partial charge is 0.445 e. The van der Waals surface area contributed by atoms with E-state index in [1.165, 1.54) is 6.92 Å². The molecule has 18 heteroatoms. The molecule has 12 nitrogen and oxygen atoms in total. The van der Waals surface area contributed by atoms with Crippen molar-refractivity contribution in [3.05, 3.63) is 60.7 Å². The van der Waals surface area contributed by atoms with Crippen LogP contribution in [0.25, 0.3) is 0 Å². The fourth-order valence-corrected chi connectivity index (χ4v) is 6.46. The van der Waals surface area contributed by atoms with Crippen LogP contribution in [0.3, 0.4) is 0 Å². The van der Waals surface area contributed by atoms with E-state index in [9.17, 15) is 14.2 Å². The fourth-order valence-electron chi connectivity index (χ4n) is 4.53. The first kappa shape index (κ1) is 43.6. The van der Waals surface area contributed by atoms with Gasteiger partial charge in [-0.15, -0.1) is 0 Å². The second-order valence-corrected chi connectivity index (χ2v) is 15.8. The van der Waals surface area contributed by atoms with E-state index in [4.69, 9.17) is 80.4 Å². The molecule has 2 N–H and O–H groups in total. The minimum Gasteiger partial charge on any atom is -0.445 e. The zero-order chi connectivity index (χ0) is 38.6. The zero-order valence-electron chi connectivity index (χ0n) is 29.6. The van der Waals surface area contributed by atoms with Crippen LogP contribution in [0.1, 0.15) is 52.9 Å². The van der Waals surface area contributed by atoms with Crippen molar-refractivity contribution in [2.45, 2.75) is 92.7 Å². The van der Waals surface area contributed by atoms with Gasteiger partial charge >= 0.3 is 13.9 Å². The summed E-state index contributed by atoms with van der Waals surface area (Å²) in [6.45, 7) is 5.12. The summed E-state index contributed by atoms with van der Waals surface area (Å²) in [6.07, 6.45) is -0.0865. The molecule has 0 aromatic heterocycles. The Bertz CT molecular complexity index is 1310. The first-order valence-electron chi connectivity index (χ1n) is 16.7. The van der Waals surface area contributed by atoms with E-state index in [2.05, 4.69) is 25.2 Å². The third-order valence-corrected chi connectivity index (χ3v) is 8.93. The number of alkyl carbamates (subject to hydrolysis) is 1. The van der Waals surface area contributed by atoms with Crippen LogP contribution in [-0.2, 0) is 32.8 Å². The van der Waals surface area contributed by atoms with E-state index in [1.807, 2.05) is 6.92 Å². The molecular weight excluding hydrogens is 770 g/mol. The standard InChI is InChI=1S/C31H42Cl4NO10P.C2H3BO/c1-3-4-5-12-18-40-22(2)17-19-41-28-26(36-30(38)42-21-31(33,34)35)29(32)43-25(20-37)27(28)46-47(39,44-23-13-8-6-9-14-23)45-24-15-10-7-11-16-24;1-2(3)4/h6-11,13-16,22,25-29,37H,3-5,12,17-21H2,1-2H3,(H,36,38);1H3/t22-,25?,26+,27-,28-,29?;/m1./s1/i37T;. The van der Waals surface area contributed by atoms with E-state index in [0.29, 0.717) is 13.0 Å². The Morgan fingerprint density at radius 1 is 1.02 bits per heavy atom. The van der Waals surface area contributed by atoms with Gasteiger partial charge in [0.1, 0.15) is 42.5 Å². The van der Waals surface area contributed by atoms with Gasteiger partial charge in [-0.1, -0.05) is 109 Å². The molecule has 1 saturated heterocycles. The lowest BCUT2D eigenvalue weighted by atomic mass is 9.98. The highest BCUT2D eigenvalue weighted by Gasteiger charge is 2.52. The third kappa shape index (κ3) is 18.7. The molecule has 0 saturated carbocycles. The van der Waals surface area contributed by atoms with Crippen LogP contribution >= 0.6 is 54.2 Å². The molecule has 1 amide bonds. The van der Waals surface area contributed by atoms with Crippen LogP contribution in [0.4, 0.5) is 4.79 Å². The molecule has 2 aromatic carbocycles. The van der Waals surface area contributed by atoms with Crippen LogP contribution in [0, 0.1) is 0 Å².